The minimum atomic E-state index is -0.766. The number of aromatic amines is 1. The summed E-state index contributed by atoms with van der Waals surface area (Å²) in [6, 6.07) is 14.8. The summed E-state index contributed by atoms with van der Waals surface area (Å²) < 4.78 is 0. The molecule has 2 N–H and O–H groups in total. The van der Waals surface area contributed by atoms with Crippen LogP contribution in [0.4, 0.5) is 0 Å². The van der Waals surface area contributed by atoms with E-state index < -0.39 is 6.04 Å². The van der Waals surface area contributed by atoms with Gasteiger partial charge in [0.05, 0.1) is 0 Å². The highest BCUT2D eigenvalue weighted by Gasteiger charge is 2.24. The number of carbonyl (C=O) groups excluding carboxylic acids is 2. The van der Waals surface area contributed by atoms with Crippen LogP contribution < -0.4 is 10.9 Å². The van der Waals surface area contributed by atoms with E-state index >= 15 is 0 Å². The fourth-order valence-corrected chi connectivity index (χ4v) is 5.46. The first-order valence-electron chi connectivity index (χ1n) is 12.1. The van der Waals surface area contributed by atoms with Gasteiger partial charge in [0.15, 0.2) is 0 Å². The topological polar surface area (TPSA) is 82.3 Å². The molecular formula is C27H30ClN3O3S. The number of thioether (sulfide) groups is 1. The summed E-state index contributed by atoms with van der Waals surface area (Å²) in [6.45, 7) is 3.00. The quantitative estimate of drug-likeness (QED) is 0.459. The normalized spacial score (nSPS) is 15.5. The lowest BCUT2D eigenvalue weighted by Crippen LogP contribution is -2.42. The minimum absolute atomic E-state index is 0.105. The molecule has 1 unspecified atom stereocenters. The summed E-state index contributed by atoms with van der Waals surface area (Å²) in [5.41, 5.74) is 1.63. The van der Waals surface area contributed by atoms with E-state index in [-0.39, 0.29) is 23.0 Å². The molecule has 1 saturated heterocycles. The number of benzene rings is 2. The molecule has 4 rings (SSSR count). The van der Waals surface area contributed by atoms with Crippen LogP contribution in [0, 0.1) is 0 Å². The Kier molecular flexibility index (Phi) is 9.01. The van der Waals surface area contributed by atoms with Crippen LogP contribution in [-0.2, 0) is 11.2 Å². The molecule has 1 aliphatic rings. The van der Waals surface area contributed by atoms with Crippen molar-refractivity contribution in [2.75, 3.05) is 25.4 Å². The average Bonchev–Trinajstić information content (AvgIpc) is 3.12. The summed E-state index contributed by atoms with van der Waals surface area (Å²) in [4.78, 5) is 43.8. The van der Waals surface area contributed by atoms with Gasteiger partial charge in [0, 0.05) is 46.3 Å². The van der Waals surface area contributed by atoms with E-state index in [1.54, 1.807) is 24.3 Å². The molecule has 184 valence electrons. The van der Waals surface area contributed by atoms with Crippen molar-refractivity contribution in [1.29, 1.82) is 0 Å². The molecule has 1 aromatic heterocycles. The number of rotatable bonds is 8. The van der Waals surface area contributed by atoms with E-state index in [4.69, 9.17) is 11.6 Å². The number of fused-ring (bicyclic) bond motifs is 1. The van der Waals surface area contributed by atoms with Gasteiger partial charge in [0.2, 0.25) is 10.7 Å². The Morgan fingerprint density at radius 1 is 1.03 bits per heavy atom. The van der Waals surface area contributed by atoms with Gasteiger partial charge in [-0.1, -0.05) is 54.4 Å². The number of aromatic nitrogens is 1. The van der Waals surface area contributed by atoms with Crippen molar-refractivity contribution in [1.82, 2.24) is 15.2 Å². The Labute approximate surface area is 214 Å². The van der Waals surface area contributed by atoms with E-state index in [1.807, 2.05) is 24.3 Å². The number of likely N-dealkylation sites (tertiary alicyclic amines) is 1. The van der Waals surface area contributed by atoms with Crippen molar-refractivity contribution >= 4 is 45.3 Å². The van der Waals surface area contributed by atoms with Gasteiger partial charge >= 0.3 is 0 Å². The van der Waals surface area contributed by atoms with E-state index in [1.165, 1.54) is 43.5 Å². The second kappa shape index (κ2) is 12.4. The molecule has 1 aliphatic heterocycles. The average molecular weight is 512 g/mol. The third-order valence-corrected chi connectivity index (χ3v) is 7.51. The highest BCUT2D eigenvalue weighted by atomic mass is 35.5. The van der Waals surface area contributed by atoms with Gasteiger partial charge in [-0.2, -0.15) is 0 Å². The van der Waals surface area contributed by atoms with Gasteiger partial charge in [0.25, 0.3) is 5.91 Å². The number of amides is 1. The van der Waals surface area contributed by atoms with Crippen molar-refractivity contribution in [3.8, 4) is 0 Å². The van der Waals surface area contributed by atoms with Crippen LogP contribution in [0.3, 0.4) is 0 Å². The summed E-state index contributed by atoms with van der Waals surface area (Å²) in [6.07, 6.45) is 5.18. The lowest BCUT2D eigenvalue weighted by atomic mass is 10.0. The van der Waals surface area contributed by atoms with Crippen LogP contribution in [0.5, 0.6) is 0 Å². The molecule has 6 nitrogen and oxygen atoms in total. The van der Waals surface area contributed by atoms with Crippen LogP contribution >= 0.6 is 23.4 Å². The minimum Gasteiger partial charge on any atom is -0.341 e. The Hall–Kier alpha value is -2.61. The molecule has 1 fully saturated rings. The van der Waals surface area contributed by atoms with E-state index in [0.717, 1.165) is 30.6 Å². The van der Waals surface area contributed by atoms with Crippen LogP contribution in [-0.4, -0.2) is 52.3 Å². The number of H-pyrrole nitrogens is 1. The standard InChI is InChI=1S/C27H30ClN3O3S/c28-21-11-9-19(10-12-21)26(33)30-24(27(34)35-16-15-31-13-5-1-2-6-14-31)17-20-18-25(32)29-23-8-4-3-7-22(20)23/h3-4,7-12,18,24H,1-2,5-6,13-17H2,(H,29,32)(H,30,33). The number of hydrogen-bond acceptors (Lipinski definition) is 5. The summed E-state index contributed by atoms with van der Waals surface area (Å²) in [5, 5.41) is 4.20. The molecule has 0 spiro atoms. The van der Waals surface area contributed by atoms with Gasteiger partial charge in [-0.15, -0.1) is 0 Å². The molecule has 8 heteroatoms. The number of carbonyl (C=O) groups is 2. The molecule has 1 atom stereocenters. The van der Waals surface area contributed by atoms with Gasteiger partial charge in [-0.05, 0) is 61.8 Å². The smallest absolute Gasteiger partial charge is 0.251 e. The first-order valence-corrected chi connectivity index (χ1v) is 13.4. The largest absolute Gasteiger partial charge is 0.341 e. The predicted molar refractivity (Wildman–Crippen MR) is 143 cm³/mol. The molecule has 2 aromatic carbocycles. The number of nitrogens with one attached hydrogen (secondary N) is 2. The fourth-order valence-electron chi connectivity index (χ4n) is 4.44. The highest BCUT2D eigenvalue weighted by molar-refractivity contribution is 8.13. The Bertz CT molecular complexity index is 1220. The lowest BCUT2D eigenvalue weighted by Gasteiger charge is -2.21. The number of nitrogens with zero attached hydrogens (tertiary/aromatic N) is 1. The van der Waals surface area contributed by atoms with Gasteiger partial charge in [-0.3, -0.25) is 14.4 Å². The molecule has 0 aliphatic carbocycles. The summed E-state index contributed by atoms with van der Waals surface area (Å²) in [7, 11) is 0. The number of hydrogen-bond donors (Lipinski definition) is 2. The third-order valence-electron chi connectivity index (χ3n) is 6.31. The number of halogens is 1. The first-order chi connectivity index (χ1) is 17.0. The number of pyridine rings is 1. The Morgan fingerprint density at radius 3 is 2.49 bits per heavy atom. The second-order valence-electron chi connectivity index (χ2n) is 8.86. The number of para-hydroxylation sites is 1. The molecule has 0 bridgehead atoms. The monoisotopic (exact) mass is 511 g/mol. The Morgan fingerprint density at radius 2 is 1.74 bits per heavy atom. The molecule has 35 heavy (non-hydrogen) atoms. The fraction of sp³-hybridized carbons (Fsp3) is 0.370. The summed E-state index contributed by atoms with van der Waals surface area (Å²) >= 11 is 7.21. The zero-order valence-corrected chi connectivity index (χ0v) is 21.2. The van der Waals surface area contributed by atoms with Crippen LogP contribution in [0.25, 0.3) is 10.9 Å². The van der Waals surface area contributed by atoms with Crippen LogP contribution in [0.1, 0.15) is 41.6 Å². The van der Waals surface area contributed by atoms with Gasteiger partial charge in [0.1, 0.15) is 6.04 Å². The van der Waals surface area contributed by atoms with Crippen LogP contribution in [0.15, 0.2) is 59.4 Å². The predicted octanol–water partition coefficient (Wildman–Crippen LogP) is 4.66. The van der Waals surface area contributed by atoms with Crippen molar-refractivity contribution < 1.29 is 9.59 Å². The van der Waals surface area contributed by atoms with E-state index in [2.05, 4.69) is 15.2 Å². The molecule has 0 radical (unpaired) electrons. The first kappa shape index (κ1) is 25.5. The zero-order chi connectivity index (χ0) is 24.6. The molecular weight excluding hydrogens is 482 g/mol. The summed E-state index contributed by atoms with van der Waals surface area (Å²) in [5.74, 6) is 0.324. The maximum atomic E-state index is 13.3. The van der Waals surface area contributed by atoms with Crippen molar-refractivity contribution in [3.63, 3.8) is 0 Å². The zero-order valence-electron chi connectivity index (χ0n) is 19.6. The molecule has 1 amide bonds. The maximum Gasteiger partial charge on any atom is 0.251 e. The SMILES string of the molecule is O=C(NC(Cc1cc(=O)[nH]c2ccccc12)C(=O)SCCN1CCCCCC1)c1ccc(Cl)cc1. The van der Waals surface area contributed by atoms with Crippen molar-refractivity contribution in [2.45, 2.75) is 38.1 Å². The van der Waals surface area contributed by atoms with Gasteiger partial charge < -0.3 is 15.2 Å². The Balaban J connectivity index is 1.51. The van der Waals surface area contributed by atoms with E-state index in [0.29, 0.717) is 21.9 Å². The molecule has 0 saturated carbocycles. The van der Waals surface area contributed by atoms with Crippen molar-refractivity contribution in [3.05, 3.63) is 81.1 Å². The third kappa shape index (κ3) is 7.19. The van der Waals surface area contributed by atoms with Crippen molar-refractivity contribution in [2.24, 2.45) is 0 Å². The molecule has 3 aromatic rings. The second-order valence-corrected chi connectivity index (χ2v) is 10.4. The molecule has 2 heterocycles. The van der Waals surface area contributed by atoms with Crippen LogP contribution in [0.2, 0.25) is 5.02 Å². The highest BCUT2D eigenvalue weighted by Crippen LogP contribution is 2.20. The van der Waals surface area contributed by atoms with E-state index in [9.17, 15) is 14.4 Å². The van der Waals surface area contributed by atoms with Gasteiger partial charge in [-0.25, -0.2) is 0 Å². The lowest BCUT2D eigenvalue weighted by molar-refractivity contribution is -0.112. The maximum absolute atomic E-state index is 13.3.